The van der Waals surface area contributed by atoms with Gasteiger partial charge in [0.2, 0.25) is 11.8 Å². The minimum atomic E-state index is -4.22. The number of amides is 2. The molecule has 0 aromatic heterocycles. The summed E-state index contributed by atoms with van der Waals surface area (Å²) in [5.41, 5.74) is -2.21. The van der Waals surface area contributed by atoms with Gasteiger partial charge in [0.25, 0.3) is 20.0 Å². The van der Waals surface area contributed by atoms with Crippen molar-refractivity contribution >= 4 is 43.5 Å². The fourth-order valence-corrected chi connectivity index (χ4v) is 10.3. The molecule has 0 radical (unpaired) electrons. The number of aliphatic imine (C=N–C) groups is 2. The van der Waals surface area contributed by atoms with Gasteiger partial charge in [-0.3, -0.25) is 29.4 Å². The molecule has 12 nitrogen and oxygen atoms in total. The number of rotatable bonds is 12. The van der Waals surface area contributed by atoms with Crippen LogP contribution in [0.3, 0.4) is 0 Å². The van der Waals surface area contributed by atoms with Crippen molar-refractivity contribution in [2.45, 2.75) is 89.1 Å². The summed E-state index contributed by atoms with van der Waals surface area (Å²) in [5.74, 6) is -0.606. The molecule has 3 fully saturated rings. The molecule has 0 spiro atoms. The zero-order valence-electron chi connectivity index (χ0n) is 29.9. The van der Waals surface area contributed by atoms with E-state index in [1.807, 2.05) is 13.8 Å². The van der Waals surface area contributed by atoms with Gasteiger partial charge in [0.15, 0.2) is 0 Å². The van der Waals surface area contributed by atoms with Crippen LogP contribution in [0.4, 0.5) is 0 Å². The summed E-state index contributed by atoms with van der Waals surface area (Å²) in [7, 11) is -8.45. The zero-order chi connectivity index (χ0) is 36.5. The number of hydrogen-bond acceptors (Lipinski definition) is 10. The van der Waals surface area contributed by atoms with E-state index in [1.165, 1.54) is 24.3 Å². The highest BCUT2D eigenvalue weighted by Gasteiger charge is 2.61. The van der Waals surface area contributed by atoms with Crippen LogP contribution in [0.1, 0.15) is 67.2 Å². The third kappa shape index (κ3) is 6.67. The number of carbonyl (C=O) groups is 2. The van der Waals surface area contributed by atoms with E-state index in [1.54, 1.807) is 64.1 Å². The number of piperazine rings is 1. The van der Waals surface area contributed by atoms with Gasteiger partial charge in [0.1, 0.15) is 11.7 Å². The van der Waals surface area contributed by atoms with Crippen LogP contribution in [0.5, 0.6) is 0 Å². The normalized spacial score (nSPS) is 24.9. The van der Waals surface area contributed by atoms with E-state index in [0.717, 1.165) is 34.3 Å². The van der Waals surface area contributed by atoms with Gasteiger partial charge in [-0.2, -0.15) is 8.61 Å². The molecule has 14 heteroatoms. The predicted molar refractivity (Wildman–Crippen MR) is 194 cm³/mol. The third-order valence-corrected chi connectivity index (χ3v) is 13.4. The monoisotopic (exact) mass is 726 g/mol. The summed E-state index contributed by atoms with van der Waals surface area (Å²) in [6, 6.07) is 14.7. The van der Waals surface area contributed by atoms with Gasteiger partial charge >= 0.3 is 0 Å². The van der Waals surface area contributed by atoms with Gasteiger partial charge in [-0.25, -0.2) is 16.8 Å². The maximum absolute atomic E-state index is 14.1. The SMILES string of the molecule is CCCCN=C1C(N2CCN(C3C(=NCCCC)N(S(=O)(=O)c4ccccc4)C(=O)C3(C)C)CC2)C(C)(C)C(=O)N1S(=O)(=O)c1ccccc1. The number of amidine groups is 2. The fourth-order valence-electron chi connectivity index (χ4n) is 7.19. The van der Waals surface area contributed by atoms with Crippen LogP contribution in [0.15, 0.2) is 80.4 Å². The molecular weight excluding hydrogens is 677 g/mol. The Hall–Kier alpha value is -3.46. The summed E-state index contributed by atoms with van der Waals surface area (Å²) < 4.78 is 57.8. The first-order valence-corrected chi connectivity index (χ1v) is 20.4. The van der Waals surface area contributed by atoms with Crippen LogP contribution < -0.4 is 0 Å². The third-order valence-electron chi connectivity index (χ3n) is 9.96. The molecule has 50 heavy (non-hydrogen) atoms. The number of carbonyl (C=O) groups excluding carboxylic acids is 2. The lowest BCUT2D eigenvalue weighted by Crippen LogP contribution is -2.60. The molecule has 5 rings (SSSR count). The number of unbranched alkanes of at least 4 members (excludes halogenated alkanes) is 2. The fraction of sp³-hybridized carbons (Fsp3) is 0.556. The molecule has 2 aromatic rings. The van der Waals surface area contributed by atoms with Gasteiger partial charge < -0.3 is 0 Å². The van der Waals surface area contributed by atoms with Gasteiger partial charge in [-0.15, -0.1) is 0 Å². The number of hydrogen-bond donors (Lipinski definition) is 0. The lowest BCUT2D eigenvalue weighted by atomic mass is 9.83. The van der Waals surface area contributed by atoms with Gasteiger partial charge in [0, 0.05) is 39.3 Å². The highest BCUT2D eigenvalue weighted by atomic mass is 32.2. The van der Waals surface area contributed by atoms with Crippen LogP contribution in [-0.2, 0) is 29.6 Å². The topological polar surface area (TPSA) is 140 Å². The molecule has 272 valence electrons. The average Bonchev–Trinajstić information content (AvgIpc) is 3.43. The second-order valence-corrected chi connectivity index (χ2v) is 17.9. The van der Waals surface area contributed by atoms with Gasteiger partial charge in [0.05, 0.1) is 32.7 Å². The first-order chi connectivity index (χ1) is 23.6. The molecule has 0 N–H and O–H groups in total. The van der Waals surface area contributed by atoms with Crippen LogP contribution in [0.25, 0.3) is 0 Å². The van der Waals surface area contributed by atoms with Crippen LogP contribution in [0, 0.1) is 10.8 Å². The Balaban J connectivity index is 1.48. The number of nitrogens with zero attached hydrogens (tertiary/aromatic N) is 6. The van der Waals surface area contributed by atoms with E-state index in [4.69, 9.17) is 9.98 Å². The van der Waals surface area contributed by atoms with Gasteiger partial charge in [-0.05, 0) is 64.8 Å². The quantitative estimate of drug-likeness (QED) is 0.296. The molecule has 0 aliphatic carbocycles. The molecule has 2 unspecified atom stereocenters. The standard InChI is InChI=1S/C36H50N6O6S2/c1-7-9-21-37-31-29(35(3,4)33(43)41(31)49(45,46)27-17-13-11-14-18-27)39-23-25-40(26-24-39)30-32(38-22-10-8-2)42(34(44)36(30,5)6)50(47,48)28-19-15-12-16-20-28/h11-20,29-30H,7-10,21-26H2,1-6H3. The first kappa shape index (κ1) is 37.8. The summed E-state index contributed by atoms with van der Waals surface area (Å²) in [6.07, 6.45) is 3.20. The Kier molecular flexibility index (Phi) is 11.1. The first-order valence-electron chi connectivity index (χ1n) is 17.5. The van der Waals surface area contributed by atoms with E-state index in [9.17, 15) is 26.4 Å². The van der Waals surface area contributed by atoms with E-state index >= 15 is 0 Å². The highest BCUT2D eigenvalue weighted by molar-refractivity contribution is 7.90. The molecular formula is C36H50N6O6S2. The van der Waals surface area contributed by atoms with Gasteiger partial charge in [-0.1, -0.05) is 63.1 Å². The molecule has 0 saturated carbocycles. The molecule has 3 aliphatic rings. The van der Waals surface area contributed by atoms with Crippen molar-refractivity contribution in [2.24, 2.45) is 20.8 Å². The lowest BCUT2D eigenvalue weighted by Gasteiger charge is -2.44. The highest BCUT2D eigenvalue weighted by Crippen LogP contribution is 2.43. The maximum atomic E-state index is 14.1. The Morgan fingerprint density at radius 1 is 0.600 bits per heavy atom. The Morgan fingerprint density at radius 2 is 0.920 bits per heavy atom. The van der Waals surface area contributed by atoms with Crippen molar-refractivity contribution in [1.82, 2.24) is 18.4 Å². The molecule has 3 heterocycles. The predicted octanol–water partition coefficient (Wildman–Crippen LogP) is 4.25. The molecule has 0 bridgehead atoms. The molecule has 2 atom stereocenters. The zero-order valence-corrected chi connectivity index (χ0v) is 31.6. The Morgan fingerprint density at radius 3 is 1.22 bits per heavy atom. The van der Waals surface area contributed by atoms with E-state index < -0.39 is 54.8 Å². The van der Waals surface area contributed by atoms with Crippen molar-refractivity contribution in [3.63, 3.8) is 0 Å². The van der Waals surface area contributed by atoms with Crippen molar-refractivity contribution < 1.29 is 26.4 Å². The Labute approximate surface area is 297 Å². The molecule has 3 saturated heterocycles. The van der Waals surface area contributed by atoms with E-state index in [2.05, 4.69) is 9.80 Å². The number of sulfonamides is 2. The summed E-state index contributed by atoms with van der Waals surface area (Å²) in [5, 5.41) is 0. The molecule has 2 amide bonds. The molecule has 2 aromatic carbocycles. The van der Waals surface area contributed by atoms with E-state index in [0.29, 0.717) is 39.3 Å². The maximum Gasteiger partial charge on any atom is 0.271 e. The number of benzene rings is 2. The summed E-state index contributed by atoms with van der Waals surface area (Å²) >= 11 is 0. The second kappa shape index (κ2) is 14.6. The smallest absolute Gasteiger partial charge is 0.271 e. The second-order valence-electron chi connectivity index (χ2n) is 14.3. The largest absolute Gasteiger partial charge is 0.290 e. The van der Waals surface area contributed by atoms with Crippen LogP contribution in [0.2, 0.25) is 0 Å². The lowest BCUT2D eigenvalue weighted by molar-refractivity contribution is -0.133. The van der Waals surface area contributed by atoms with Crippen LogP contribution >= 0.6 is 0 Å². The molecule has 3 aliphatic heterocycles. The average molecular weight is 727 g/mol. The van der Waals surface area contributed by atoms with E-state index in [-0.39, 0.29) is 21.5 Å². The van der Waals surface area contributed by atoms with Crippen molar-refractivity contribution in [3.05, 3.63) is 60.7 Å². The minimum Gasteiger partial charge on any atom is -0.290 e. The summed E-state index contributed by atoms with van der Waals surface area (Å²) in [4.78, 5) is 42.0. The minimum absolute atomic E-state index is 0.0239. The van der Waals surface area contributed by atoms with Crippen LogP contribution in [-0.4, -0.2) is 110 Å². The Bertz CT molecular complexity index is 1700. The summed E-state index contributed by atoms with van der Waals surface area (Å²) in [6.45, 7) is 13.6. The van der Waals surface area contributed by atoms with Crippen molar-refractivity contribution in [3.8, 4) is 0 Å². The van der Waals surface area contributed by atoms with Crippen molar-refractivity contribution in [1.29, 1.82) is 0 Å². The van der Waals surface area contributed by atoms with Crippen molar-refractivity contribution in [2.75, 3.05) is 39.3 Å².